The van der Waals surface area contributed by atoms with E-state index in [0.29, 0.717) is 37.3 Å². The van der Waals surface area contributed by atoms with E-state index in [1.54, 1.807) is 18.2 Å². The number of hydrogen-bond acceptors (Lipinski definition) is 3. The summed E-state index contributed by atoms with van der Waals surface area (Å²) in [5.41, 5.74) is 0.284. The fraction of sp³-hybridized carbons (Fsp3) is 0.409. The summed E-state index contributed by atoms with van der Waals surface area (Å²) >= 11 is 5.81. The SMILES string of the molecule is CCOc1ccc(C(c2ccc(Cl)c(C(F)(F)F)c2)N2CCCC(C(=O)O)C2)cc1. The van der Waals surface area contributed by atoms with E-state index in [4.69, 9.17) is 16.3 Å². The Morgan fingerprint density at radius 3 is 2.50 bits per heavy atom. The Bertz CT molecular complexity index is 886. The minimum Gasteiger partial charge on any atom is -0.494 e. The molecule has 1 N–H and O–H groups in total. The van der Waals surface area contributed by atoms with E-state index in [9.17, 15) is 23.1 Å². The Hall–Kier alpha value is -2.25. The largest absolute Gasteiger partial charge is 0.494 e. The highest BCUT2D eigenvalue weighted by Gasteiger charge is 2.36. The number of nitrogens with zero attached hydrogens (tertiary/aromatic N) is 1. The van der Waals surface area contributed by atoms with Gasteiger partial charge in [-0.3, -0.25) is 9.69 Å². The lowest BCUT2D eigenvalue weighted by molar-refractivity contribution is -0.143. The van der Waals surface area contributed by atoms with Gasteiger partial charge < -0.3 is 9.84 Å². The number of alkyl halides is 3. The molecule has 1 aliphatic heterocycles. The second kappa shape index (κ2) is 9.27. The van der Waals surface area contributed by atoms with Crippen LogP contribution in [0.15, 0.2) is 42.5 Å². The zero-order valence-electron chi connectivity index (χ0n) is 16.5. The van der Waals surface area contributed by atoms with Gasteiger partial charge in [-0.25, -0.2) is 0 Å². The zero-order valence-corrected chi connectivity index (χ0v) is 17.2. The molecule has 1 saturated heterocycles. The number of ether oxygens (including phenoxy) is 1. The summed E-state index contributed by atoms with van der Waals surface area (Å²) in [7, 11) is 0. The molecule has 2 aromatic rings. The average Bonchev–Trinajstić information content (AvgIpc) is 2.70. The summed E-state index contributed by atoms with van der Waals surface area (Å²) in [4.78, 5) is 13.5. The molecule has 0 amide bonds. The molecule has 1 heterocycles. The van der Waals surface area contributed by atoms with Crippen LogP contribution in [0.4, 0.5) is 13.2 Å². The van der Waals surface area contributed by atoms with Crippen LogP contribution < -0.4 is 4.74 Å². The molecule has 8 heteroatoms. The maximum atomic E-state index is 13.5. The number of piperidine rings is 1. The summed E-state index contributed by atoms with van der Waals surface area (Å²) in [5, 5.41) is 9.09. The molecule has 2 atom stereocenters. The standard InChI is InChI=1S/C22H23ClF3NO3/c1-2-30-17-8-5-14(6-9-17)20(27-11-3-4-16(13-27)21(28)29)15-7-10-19(23)18(12-15)22(24,25)26/h5-10,12,16,20H,2-4,11,13H2,1H3,(H,28,29). The van der Waals surface area contributed by atoms with Crippen molar-refractivity contribution in [1.82, 2.24) is 4.90 Å². The van der Waals surface area contributed by atoms with Crippen LogP contribution in [-0.4, -0.2) is 35.7 Å². The Balaban J connectivity index is 2.05. The number of carboxylic acids is 1. The molecule has 0 saturated carbocycles. The maximum Gasteiger partial charge on any atom is 0.417 e. The number of benzene rings is 2. The van der Waals surface area contributed by atoms with E-state index in [1.807, 2.05) is 24.0 Å². The Morgan fingerprint density at radius 1 is 1.23 bits per heavy atom. The predicted octanol–water partition coefficient (Wildman–Crippen LogP) is 5.64. The van der Waals surface area contributed by atoms with Crippen molar-refractivity contribution in [2.24, 2.45) is 5.92 Å². The molecule has 30 heavy (non-hydrogen) atoms. The third kappa shape index (κ3) is 5.08. The van der Waals surface area contributed by atoms with Gasteiger partial charge >= 0.3 is 12.1 Å². The third-order valence-electron chi connectivity index (χ3n) is 5.29. The number of carbonyl (C=O) groups is 1. The molecule has 162 valence electrons. The average molecular weight is 442 g/mol. The number of carboxylic acid groups (broad SMARTS) is 1. The van der Waals surface area contributed by atoms with E-state index in [0.717, 1.165) is 11.6 Å². The second-order valence-electron chi connectivity index (χ2n) is 7.31. The molecular weight excluding hydrogens is 419 g/mol. The Labute approximate surface area is 178 Å². The molecular formula is C22H23ClF3NO3. The van der Waals surface area contributed by atoms with E-state index in [2.05, 4.69) is 0 Å². The van der Waals surface area contributed by atoms with Crippen LogP contribution in [0, 0.1) is 5.92 Å². The molecule has 4 nitrogen and oxygen atoms in total. The van der Waals surface area contributed by atoms with Crippen molar-refractivity contribution in [2.75, 3.05) is 19.7 Å². The number of aliphatic carboxylic acids is 1. The molecule has 0 radical (unpaired) electrons. The van der Waals surface area contributed by atoms with E-state index in [1.165, 1.54) is 6.07 Å². The highest BCUT2D eigenvalue weighted by Crippen LogP contribution is 2.39. The molecule has 2 aromatic carbocycles. The monoisotopic (exact) mass is 441 g/mol. The number of hydrogen-bond donors (Lipinski definition) is 1. The smallest absolute Gasteiger partial charge is 0.417 e. The van der Waals surface area contributed by atoms with Crippen LogP contribution in [0.1, 0.15) is 42.5 Å². The first-order valence-electron chi connectivity index (χ1n) is 9.77. The summed E-state index contributed by atoms with van der Waals surface area (Å²) < 4.78 is 45.8. The lowest BCUT2D eigenvalue weighted by atomic mass is 9.90. The van der Waals surface area contributed by atoms with E-state index >= 15 is 0 Å². The van der Waals surface area contributed by atoms with Crippen LogP contribution in [-0.2, 0) is 11.0 Å². The van der Waals surface area contributed by atoms with Crippen molar-refractivity contribution >= 4 is 17.6 Å². The quantitative estimate of drug-likeness (QED) is 0.630. The highest BCUT2D eigenvalue weighted by molar-refractivity contribution is 6.31. The minimum atomic E-state index is -4.58. The van der Waals surface area contributed by atoms with Gasteiger partial charge in [0.15, 0.2) is 0 Å². The Morgan fingerprint density at radius 2 is 1.90 bits per heavy atom. The van der Waals surface area contributed by atoms with Gasteiger partial charge in [0.05, 0.1) is 29.2 Å². The molecule has 2 unspecified atom stereocenters. The van der Waals surface area contributed by atoms with Gasteiger partial charge in [-0.05, 0) is 61.7 Å². The molecule has 1 fully saturated rings. The summed E-state index contributed by atoms with van der Waals surface area (Å²) in [6.07, 6.45) is -3.37. The first-order valence-corrected chi connectivity index (χ1v) is 10.1. The van der Waals surface area contributed by atoms with E-state index < -0.39 is 29.7 Å². The molecule has 3 rings (SSSR count). The fourth-order valence-electron chi connectivity index (χ4n) is 3.90. The van der Waals surface area contributed by atoms with Crippen LogP contribution in [0.5, 0.6) is 5.75 Å². The topological polar surface area (TPSA) is 49.8 Å². The van der Waals surface area contributed by atoms with Crippen LogP contribution in [0.2, 0.25) is 5.02 Å². The van der Waals surface area contributed by atoms with Gasteiger partial charge in [0.1, 0.15) is 5.75 Å². The fourth-order valence-corrected chi connectivity index (χ4v) is 4.12. The van der Waals surface area contributed by atoms with Crippen molar-refractivity contribution < 1.29 is 27.8 Å². The third-order valence-corrected chi connectivity index (χ3v) is 5.62. The van der Waals surface area contributed by atoms with Crippen LogP contribution >= 0.6 is 11.6 Å². The first-order chi connectivity index (χ1) is 14.2. The molecule has 0 aromatic heterocycles. The summed E-state index contributed by atoms with van der Waals surface area (Å²) in [6, 6.07) is 10.5. The molecule has 1 aliphatic rings. The summed E-state index contributed by atoms with van der Waals surface area (Å²) in [5.74, 6) is -0.787. The summed E-state index contributed by atoms with van der Waals surface area (Å²) in [6.45, 7) is 3.22. The van der Waals surface area contributed by atoms with Gasteiger partial charge in [0, 0.05) is 6.54 Å². The van der Waals surface area contributed by atoms with Crippen molar-refractivity contribution in [2.45, 2.75) is 32.0 Å². The van der Waals surface area contributed by atoms with Crippen molar-refractivity contribution in [3.8, 4) is 5.75 Å². The van der Waals surface area contributed by atoms with Crippen LogP contribution in [0.3, 0.4) is 0 Å². The van der Waals surface area contributed by atoms with Crippen molar-refractivity contribution in [1.29, 1.82) is 0 Å². The minimum absolute atomic E-state index is 0.261. The van der Waals surface area contributed by atoms with Gasteiger partial charge in [-0.2, -0.15) is 13.2 Å². The van der Waals surface area contributed by atoms with Gasteiger partial charge in [-0.15, -0.1) is 0 Å². The predicted molar refractivity (Wildman–Crippen MR) is 108 cm³/mol. The van der Waals surface area contributed by atoms with Crippen LogP contribution in [0.25, 0.3) is 0 Å². The van der Waals surface area contributed by atoms with Crippen molar-refractivity contribution in [3.05, 3.63) is 64.2 Å². The molecule has 0 bridgehead atoms. The number of halogens is 4. The normalized spacial score (nSPS) is 18.8. The van der Waals surface area contributed by atoms with E-state index in [-0.39, 0.29) is 11.6 Å². The number of rotatable bonds is 6. The first kappa shape index (κ1) is 22.4. The molecule has 0 spiro atoms. The zero-order chi connectivity index (χ0) is 21.9. The number of likely N-dealkylation sites (tertiary alicyclic amines) is 1. The lowest BCUT2D eigenvalue weighted by Gasteiger charge is -2.38. The highest BCUT2D eigenvalue weighted by atomic mass is 35.5. The van der Waals surface area contributed by atoms with Crippen molar-refractivity contribution in [3.63, 3.8) is 0 Å². The second-order valence-corrected chi connectivity index (χ2v) is 7.72. The Kier molecular flexibility index (Phi) is 6.93. The van der Waals surface area contributed by atoms with Gasteiger partial charge in [-0.1, -0.05) is 29.8 Å². The van der Waals surface area contributed by atoms with Gasteiger partial charge in [0.25, 0.3) is 0 Å². The van der Waals surface area contributed by atoms with Gasteiger partial charge in [0.2, 0.25) is 0 Å². The molecule has 0 aliphatic carbocycles. The maximum absolute atomic E-state index is 13.5. The lowest BCUT2D eigenvalue weighted by Crippen LogP contribution is -2.41.